The fraction of sp³-hybridized carbons (Fsp3) is 0.476. The van der Waals surface area contributed by atoms with E-state index in [0.717, 1.165) is 24.4 Å². The molecule has 3 rings (SSSR count). The number of aryl methyl sites for hydroxylation is 1. The summed E-state index contributed by atoms with van der Waals surface area (Å²) in [6.45, 7) is 5.45. The first-order chi connectivity index (χ1) is 15.4. The molecule has 1 aromatic heterocycles. The smallest absolute Gasteiger partial charge is 0.353 e. The summed E-state index contributed by atoms with van der Waals surface area (Å²) in [4.78, 5) is 29.9. The molecule has 1 aliphatic rings. The molecule has 0 radical (unpaired) electrons. The summed E-state index contributed by atoms with van der Waals surface area (Å²) in [5.41, 5.74) is 3.63. The number of phenols is 1. The maximum atomic E-state index is 14.2. The molecule has 1 aliphatic heterocycles. The number of anilines is 1. The Morgan fingerprint density at radius 3 is 2.72 bits per heavy atom. The number of thiazole rings is 1. The highest BCUT2D eigenvalue weighted by molar-refractivity contribution is 7.13. The van der Waals surface area contributed by atoms with Gasteiger partial charge in [0.05, 0.1) is 23.9 Å². The highest BCUT2D eigenvalue weighted by Crippen LogP contribution is 2.20. The minimum atomic E-state index is -0.827. The van der Waals surface area contributed by atoms with Gasteiger partial charge in [0.25, 0.3) is 0 Å². The van der Waals surface area contributed by atoms with E-state index < -0.39 is 11.9 Å². The summed E-state index contributed by atoms with van der Waals surface area (Å²) in [5, 5.41) is 11.3. The van der Waals surface area contributed by atoms with Gasteiger partial charge in [-0.25, -0.2) is 9.78 Å². The van der Waals surface area contributed by atoms with Gasteiger partial charge in [0.15, 0.2) is 4.88 Å². The van der Waals surface area contributed by atoms with Crippen molar-refractivity contribution in [2.75, 3.05) is 51.4 Å². The number of hydrogen-bond donors (Lipinski definition) is 2. The van der Waals surface area contributed by atoms with Gasteiger partial charge in [0, 0.05) is 39.5 Å². The lowest BCUT2D eigenvalue weighted by molar-refractivity contribution is -0.127. The Morgan fingerprint density at radius 2 is 2.03 bits per heavy atom. The molecule has 1 aromatic carbocycles. The number of esters is 1. The van der Waals surface area contributed by atoms with Gasteiger partial charge in [-0.2, -0.15) is 4.39 Å². The second-order valence-electron chi connectivity index (χ2n) is 7.25. The topological polar surface area (TPSA) is 104 Å². The molecule has 0 saturated carbocycles. The number of halogens is 1. The van der Waals surface area contributed by atoms with Crippen LogP contribution in [0.3, 0.4) is 0 Å². The summed E-state index contributed by atoms with van der Waals surface area (Å²) in [7, 11) is 0. The predicted octanol–water partition coefficient (Wildman–Crippen LogP) is 2.29. The Hall–Kier alpha value is -2.76. The van der Waals surface area contributed by atoms with E-state index in [-0.39, 0.29) is 23.1 Å². The largest absolute Gasteiger partial charge is 0.508 e. The van der Waals surface area contributed by atoms with Crippen molar-refractivity contribution in [2.24, 2.45) is 0 Å². The van der Waals surface area contributed by atoms with Crippen LogP contribution in [0.1, 0.15) is 28.0 Å². The zero-order valence-corrected chi connectivity index (χ0v) is 18.7. The van der Waals surface area contributed by atoms with Crippen molar-refractivity contribution in [1.82, 2.24) is 14.9 Å². The monoisotopic (exact) mass is 466 g/mol. The van der Waals surface area contributed by atoms with Gasteiger partial charge in [-0.1, -0.05) is 0 Å². The van der Waals surface area contributed by atoms with E-state index >= 15 is 0 Å². The second-order valence-corrected chi connectivity index (χ2v) is 8.33. The summed E-state index contributed by atoms with van der Waals surface area (Å²) in [6.07, 6.45) is 0.923. The molecule has 9 nitrogen and oxygen atoms in total. The Balaban J connectivity index is 1.45. The number of aromatic hydroxyl groups is 1. The number of carbonyl (C=O) groups is 2. The van der Waals surface area contributed by atoms with Crippen molar-refractivity contribution in [3.8, 4) is 5.75 Å². The molecule has 0 aliphatic carbocycles. The number of nitrogens with zero attached hydrogens (tertiary/aromatic N) is 3. The van der Waals surface area contributed by atoms with E-state index in [4.69, 9.17) is 9.47 Å². The number of nitrogens with one attached hydrogen (secondary N) is 1. The maximum absolute atomic E-state index is 14.2. The van der Waals surface area contributed by atoms with Gasteiger partial charge < -0.3 is 14.6 Å². The van der Waals surface area contributed by atoms with E-state index in [1.54, 1.807) is 12.1 Å². The lowest BCUT2D eigenvalue weighted by atomic mass is 10.3. The normalized spacial score (nSPS) is 14.2. The van der Waals surface area contributed by atoms with Crippen LogP contribution in [0.4, 0.5) is 10.1 Å². The summed E-state index contributed by atoms with van der Waals surface area (Å²) < 4.78 is 24.6. The molecule has 1 fully saturated rings. The number of ether oxygens (including phenoxy) is 2. The highest BCUT2D eigenvalue weighted by atomic mass is 32.1. The summed E-state index contributed by atoms with van der Waals surface area (Å²) >= 11 is 0.973. The second kappa shape index (κ2) is 11.7. The minimum absolute atomic E-state index is 0.131. The Labute approximate surface area is 189 Å². The number of benzene rings is 1. The molecule has 0 bridgehead atoms. The van der Waals surface area contributed by atoms with Crippen LogP contribution >= 0.6 is 11.3 Å². The van der Waals surface area contributed by atoms with E-state index in [1.165, 1.54) is 24.1 Å². The average Bonchev–Trinajstić information content (AvgIpc) is 3.15. The Kier molecular flexibility index (Phi) is 8.77. The molecule has 174 valence electrons. The molecule has 32 heavy (non-hydrogen) atoms. The maximum Gasteiger partial charge on any atom is 0.353 e. The third-order valence-corrected chi connectivity index (χ3v) is 5.91. The number of amides is 1. The van der Waals surface area contributed by atoms with E-state index in [1.807, 2.05) is 0 Å². The van der Waals surface area contributed by atoms with E-state index in [0.29, 0.717) is 49.8 Å². The fourth-order valence-electron chi connectivity index (χ4n) is 3.11. The Bertz CT molecular complexity index is 902. The standard InChI is InChI=1S/C21H27FN4O5S/c1-15(27)26(24-16-4-6-17(28)7-5-16)8-2-3-18-23-20(22)19(32-18)21(29)31-14-11-25-9-12-30-13-10-25/h4-7,24,28H,2-3,8-14H2,1H3. The molecule has 1 amide bonds. The molecular formula is C21H27FN4O5S. The van der Waals surface area contributed by atoms with Crippen molar-refractivity contribution in [2.45, 2.75) is 19.8 Å². The first-order valence-electron chi connectivity index (χ1n) is 10.4. The van der Waals surface area contributed by atoms with Crippen molar-refractivity contribution < 1.29 is 28.6 Å². The quantitative estimate of drug-likeness (QED) is 0.312. The van der Waals surface area contributed by atoms with Crippen LogP contribution in [0.15, 0.2) is 24.3 Å². The third kappa shape index (κ3) is 7.14. The number of hydrogen-bond acceptors (Lipinski definition) is 9. The number of hydrazine groups is 1. The lowest BCUT2D eigenvalue weighted by Gasteiger charge is -2.26. The Morgan fingerprint density at radius 1 is 1.31 bits per heavy atom. The van der Waals surface area contributed by atoms with Gasteiger partial charge >= 0.3 is 5.97 Å². The van der Waals surface area contributed by atoms with Crippen LogP contribution in [-0.4, -0.2) is 77.9 Å². The number of morpholine rings is 1. The molecule has 11 heteroatoms. The van der Waals surface area contributed by atoms with Crippen molar-refractivity contribution in [3.05, 3.63) is 40.1 Å². The minimum Gasteiger partial charge on any atom is -0.508 e. The first kappa shape index (κ1) is 23.9. The van der Waals surface area contributed by atoms with Crippen LogP contribution in [0, 0.1) is 5.95 Å². The molecule has 2 aromatic rings. The zero-order chi connectivity index (χ0) is 22.9. The SMILES string of the molecule is CC(=O)N(CCCc1nc(F)c(C(=O)OCCN2CCOCC2)s1)Nc1ccc(O)cc1. The first-order valence-corrected chi connectivity index (χ1v) is 11.2. The predicted molar refractivity (Wildman–Crippen MR) is 117 cm³/mol. The van der Waals surface area contributed by atoms with E-state index in [2.05, 4.69) is 15.3 Å². The highest BCUT2D eigenvalue weighted by Gasteiger charge is 2.20. The lowest BCUT2D eigenvalue weighted by Crippen LogP contribution is -2.38. The molecule has 0 unspecified atom stereocenters. The molecule has 0 spiro atoms. The molecule has 1 saturated heterocycles. The summed E-state index contributed by atoms with van der Waals surface area (Å²) in [5.74, 6) is -1.59. The van der Waals surface area contributed by atoms with Crippen molar-refractivity contribution in [3.63, 3.8) is 0 Å². The van der Waals surface area contributed by atoms with Gasteiger partial charge in [-0.05, 0) is 30.7 Å². The van der Waals surface area contributed by atoms with Crippen LogP contribution < -0.4 is 5.43 Å². The van der Waals surface area contributed by atoms with E-state index in [9.17, 15) is 19.1 Å². The summed E-state index contributed by atoms with van der Waals surface area (Å²) in [6, 6.07) is 6.33. The number of aromatic nitrogens is 1. The average molecular weight is 467 g/mol. The van der Waals surface area contributed by atoms with Crippen LogP contribution in [0.2, 0.25) is 0 Å². The molecular weight excluding hydrogens is 439 g/mol. The third-order valence-electron chi connectivity index (χ3n) is 4.84. The molecule has 2 heterocycles. The van der Waals surface area contributed by atoms with Crippen LogP contribution in [-0.2, 0) is 20.7 Å². The van der Waals surface area contributed by atoms with Gasteiger partial charge in [0.2, 0.25) is 11.9 Å². The number of carbonyl (C=O) groups excluding carboxylic acids is 2. The van der Waals surface area contributed by atoms with Gasteiger partial charge in [-0.3, -0.25) is 20.1 Å². The molecule has 2 N–H and O–H groups in total. The molecule has 0 atom stereocenters. The number of phenolic OH excluding ortho intramolecular Hbond substituents is 1. The number of rotatable bonds is 10. The van der Waals surface area contributed by atoms with Gasteiger partial charge in [-0.15, -0.1) is 11.3 Å². The van der Waals surface area contributed by atoms with Crippen LogP contribution in [0.5, 0.6) is 5.75 Å². The fourth-order valence-corrected chi connectivity index (χ4v) is 3.99. The van der Waals surface area contributed by atoms with Crippen molar-refractivity contribution >= 4 is 28.9 Å². The van der Waals surface area contributed by atoms with Crippen LogP contribution in [0.25, 0.3) is 0 Å². The van der Waals surface area contributed by atoms with Crippen molar-refractivity contribution in [1.29, 1.82) is 0 Å². The van der Waals surface area contributed by atoms with Gasteiger partial charge in [0.1, 0.15) is 12.4 Å². The zero-order valence-electron chi connectivity index (χ0n) is 17.9.